The number of morpholine rings is 1. The van der Waals surface area contributed by atoms with Crippen molar-refractivity contribution in [2.45, 2.75) is 31.2 Å². The predicted octanol–water partition coefficient (Wildman–Crippen LogP) is 0.165. The first-order valence-electron chi connectivity index (χ1n) is 9.64. The molecule has 0 bridgehead atoms. The van der Waals surface area contributed by atoms with Gasteiger partial charge in [-0.1, -0.05) is 6.07 Å². The van der Waals surface area contributed by atoms with Gasteiger partial charge in [-0.2, -0.15) is 4.31 Å². The molecular formula is C19H28N4O5S. The molecule has 2 amide bonds. The molecule has 0 atom stereocenters. The Balaban J connectivity index is 1.74. The summed E-state index contributed by atoms with van der Waals surface area (Å²) in [7, 11) is -3.67. The lowest BCUT2D eigenvalue weighted by Gasteiger charge is -2.40. The summed E-state index contributed by atoms with van der Waals surface area (Å²) in [5.41, 5.74) is 0.239. The monoisotopic (exact) mass is 424 g/mol. The smallest absolute Gasteiger partial charge is 0.243 e. The van der Waals surface area contributed by atoms with Crippen molar-refractivity contribution in [3.8, 4) is 0 Å². The van der Waals surface area contributed by atoms with Crippen molar-refractivity contribution >= 4 is 27.5 Å². The molecule has 2 saturated heterocycles. The van der Waals surface area contributed by atoms with E-state index in [-0.39, 0.29) is 23.3 Å². The number of ether oxygens (including phenoxy) is 1. The van der Waals surface area contributed by atoms with Crippen LogP contribution in [0.4, 0.5) is 5.69 Å². The third kappa shape index (κ3) is 4.61. The highest BCUT2D eigenvalue weighted by Gasteiger charge is 2.38. The molecule has 0 aliphatic carbocycles. The number of carbonyl (C=O) groups is 2. The van der Waals surface area contributed by atoms with Crippen LogP contribution in [0.1, 0.15) is 19.4 Å². The summed E-state index contributed by atoms with van der Waals surface area (Å²) in [6.45, 7) is 7.73. The first-order chi connectivity index (χ1) is 13.6. The second-order valence-corrected chi connectivity index (χ2v) is 9.69. The van der Waals surface area contributed by atoms with E-state index in [4.69, 9.17) is 4.74 Å². The highest BCUT2D eigenvalue weighted by Crippen LogP contribution is 2.25. The number of benzene rings is 1. The second-order valence-electron chi connectivity index (χ2n) is 7.78. The third-order valence-corrected chi connectivity index (χ3v) is 7.45. The highest BCUT2D eigenvalue weighted by atomic mass is 32.2. The number of sulfonamides is 1. The zero-order chi connectivity index (χ0) is 21.2. The number of piperazine rings is 1. The van der Waals surface area contributed by atoms with E-state index in [0.29, 0.717) is 50.6 Å². The Bertz CT molecular complexity index is 894. The fourth-order valence-corrected chi connectivity index (χ4v) is 5.13. The first-order valence-corrected chi connectivity index (χ1v) is 11.1. The van der Waals surface area contributed by atoms with Crippen molar-refractivity contribution in [1.82, 2.24) is 14.5 Å². The summed E-state index contributed by atoms with van der Waals surface area (Å²) in [6.07, 6.45) is 0. The Morgan fingerprint density at radius 3 is 2.62 bits per heavy atom. The van der Waals surface area contributed by atoms with Gasteiger partial charge < -0.3 is 15.4 Å². The fourth-order valence-electron chi connectivity index (χ4n) is 3.48. The fraction of sp³-hybridized carbons (Fsp3) is 0.579. The number of anilines is 1. The zero-order valence-corrected chi connectivity index (χ0v) is 17.8. The lowest BCUT2D eigenvalue weighted by Crippen LogP contribution is -2.62. The molecule has 2 aliphatic rings. The maximum Gasteiger partial charge on any atom is 0.243 e. The van der Waals surface area contributed by atoms with Crippen molar-refractivity contribution in [2.24, 2.45) is 0 Å². The number of nitrogens with zero attached hydrogens (tertiary/aromatic N) is 2. The largest absolute Gasteiger partial charge is 0.379 e. The minimum absolute atomic E-state index is 0.0415. The molecule has 0 radical (unpaired) electrons. The van der Waals surface area contributed by atoms with Crippen LogP contribution < -0.4 is 10.6 Å². The average molecular weight is 425 g/mol. The Kier molecular flexibility index (Phi) is 6.27. The number of nitrogens with one attached hydrogen (secondary N) is 2. The number of amides is 2. The molecule has 1 aromatic rings. The molecular weight excluding hydrogens is 396 g/mol. The lowest BCUT2D eigenvalue weighted by atomic mass is 9.99. The summed E-state index contributed by atoms with van der Waals surface area (Å²) in [5.74, 6) is -0.419. The van der Waals surface area contributed by atoms with Gasteiger partial charge >= 0.3 is 0 Å². The third-order valence-electron chi connectivity index (χ3n) is 5.41. The molecule has 2 N–H and O–H groups in total. The number of hydrogen-bond acceptors (Lipinski definition) is 6. The van der Waals surface area contributed by atoms with Crippen molar-refractivity contribution in [3.63, 3.8) is 0 Å². The van der Waals surface area contributed by atoms with Crippen molar-refractivity contribution in [1.29, 1.82) is 0 Å². The van der Waals surface area contributed by atoms with Gasteiger partial charge in [0.05, 0.1) is 30.2 Å². The summed E-state index contributed by atoms with van der Waals surface area (Å²) in [4.78, 5) is 26.6. The molecule has 2 aliphatic heterocycles. The molecule has 0 saturated carbocycles. The molecule has 2 fully saturated rings. The van der Waals surface area contributed by atoms with Crippen molar-refractivity contribution < 1.29 is 22.7 Å². The number of carbonyl (C=O) groups excluding carboxylic acids is 2. The van der Waals surface area contributed by atoms with Gasteiger partial charge in [0, 0.05) is 31.9 Å². The number of aryl methyl sites for hydroxylation is 1. The molecule has 29 heavy (non-hydrogen) atoms. The van der Waals surface area contributed by atoms with E-state index in [9.17, 15) is 18.0 Å². The minimum Gasteiger partial charge on any atom is -0.379 e. The highest BCUT2D eigenvalue weighted by molar-refractivity contribution is 7.89. The standard InChI is InChI=1S/C19H28N4O5S/c1-14-4-5-15(12-16(14)29(26,27)23-8-10-28-11-9-23)21-17(24)13-22-7-6-20-18(25)19(22,2)3/h4-5,12H,6-11,13H2,1-3H3,(H,20,25)(H,21,24). The van der Waals surface area contributed by atoms with E-state index < -0.39 is 15.6 Å². The molecule has 10 heteroatoms. The zero-order valence-electron chi connectivity index (χ0n) is 17.0. The topological polar surface area (TPSA) is 108 Å². The van der Waals surface area contributed by atoms with Crippen LogP contribution in [-0.2, 0) is 24.3 Å². The molecule has 160 valence electrons. The van der Waals surface area contributed by atoms with Gasteiger partial charge in [0.15, 0.2) is 0 Å². The Labute approximate surface area is 171 Å². The van der Waals surface area contributed by atoms with Gasteiger partial charge in [0.1, 0.15) is 0 Å². The van der Waals surface area contributed by atoms with E-state index in [1.54, 1.807) is 37.8 Å². The molecule has 9 nitrogen and oxygen atoms in total. The van der Waals surface area contributed by atoms with Crippen LogP contribution in [0.25, 0.3) is 0 Å². The van der Waals surface area contributed by atoms with E-state index >= 15 is 0 Å². The van der Waals surface area contributed by atoms with Crippen LogP contribution in [0.2, 0.25) is 0 Å². The van der Waals surface area contributed by atoms with E-state index in [0.717, 1.165) is 0 Å². The van der Waals surface area contributed by atoms with E-state index in [1.165, 1.54) is 10.4 Å². The van der Waals surface area contributed by atoms with Crippen molar-refractivity contribution in [2.75, 3.05) is 51.3 Å². The molecule has 0 spiro atoms. The van der Waals surface area contributed by atoms with Gasteiger partial charge in [-0.15, -0.1) is 0 Å². The Morgan fingerprint density at radius 1 is 1.24 bits per heavy atom. The van der Waals surface area contributed by atoms with Gasteiger partial charge in [-0.25, -0.2) is 8.42 Å². The summed E-state index contributed by atoms with van der Waals surface area (Å²) in [6, 6.07) is 4.85. The summed E-state index contributed by atoms with van der Waals surface area (Å²) >= 11 is 0. The first kappa shape index (κ1) is 21.7. The van der Waals surface area contributed by atoms with Crippen LogP contribution in [0.5, 0.6) is 0 Å². The van der Waals surface area contributed by atoms with Crippen LogP contribution in [-0.4, -0.2) is 80.9 Å². The SMILES string of the molecule is Cc1ccc(NC(=O)CN2CCNC(=O)C2(C)C)cc1S(=O)(=O)N1CCOCC1. The van der Waals surface area contributed by atoms with Crippen LogP contribution in [0, 0.1) is 6.92 Å². The van der Waals surface area contributed by atoms with E-state index in [2.05, 4.69) is 10.6 Å². The number of rotatable bonds is 5. The summed E-state index contributed by atoms with van der Waals surface area (Å²) < 4.78 is 32.6. The molecule has 3 rings (SSSR count). The predicted molar refractivity (Wildman–Crippen MR) is 108 cm³/mol. The molecule has 0 aromatic heterocycles. The minimum atomic E-state index is -3.67. The number of hydrogen-bond donors (Lipinski definition) is 2. The van der Waals surface area contributed by atoms with Gasteiger partial charge in [-0.05, 0) is 38.5 Å². The van der Waals surface area contributed by atoms with Crippen LogP contribution in [0.3, 0.4) is 0 Å². The Morgan fingerprint density at radius 2 is 1.93 bits per heavy atom. The van der Waals surface area contributed by atoms with Gasteiger partial charge in [0.2, 0.25) is 21.8 Å². The molecule has 2 heterocycles. The second kappa shape index (κ2) is 8.39. The lowest BCUT2D eigenvalue weighted by molar-refractivity contribution is -0.136. The van der Waals surface area contributed by atoms with Crippen LogP contribution in [0.15, 0.2) is 23.1 Å². The maximum absolute atomic E-state index is 13.0. The maximum atomic E-state index is 13.0. The molecule has 0 unspecified atom stereocenters. The van der Waals surface area contributed by atoms with E-state index in [1.807, 2.05) is 0 Å². The summed E-state index contributed by atoms with van der Waals surface area (Å²) in [5, 5.41) is 5.56. The van der Waals surface area contributed by atoms with Gasteiger partial charge in [-0.3, -0.25) is 14.5 Å². The van der Waals surface area contributed by atoms with Gasteiger partial charge in [0.25, 0.3) is 0 Å². The van der Waals surface area contributed by atoms with Crippen LogP contribution >= 0.6 is 0 Å². The quantitative estimate of drug-likeness (QED) is 0.697. The normalized spacial score (nSPS) is 20.9. The Hall–Kier alpha value is -2.01. The average Bonchev–Trinajstić information content (AvgIpc) is 2.68. The molecule has 1 aromatic carbocycles. The van der Waals surface area contributed by atoms with Crippen molar-refractivity contribution in [3.05, 3.63) is 23.8 Å².